The van der Waals surface area contributed by atoms with Gasteiger partial charge in [-0.05, 0) is 38.0 Å². The summed E-state index contributed by atoms with van der Waals surface area (Å²) in [5, 5.41) is 3.87. The highest BCUT2D eigenvalue weighted by Crippen LogP contribution is 2.14. The van der Waals surface area contributed by atoms with Gasteiger partial charge in [0.15, 0.2) is 0 Å². The number of benzene rings is 1. The summed E-state index contributed by atoms with van der Waals surface area (Å²) in [6, 6.07) is 5.81. The Morgan fingerprint density at radius 3 is 2.76 bits per heavy atom. The van der Waals surface area contributed by atoms with Gasteiger partial charge in [0, 0.05) is 10.6 Å². The van der Waals surface area contributed by atoms with Gasteiger partial charge in [-0.3, -0.25) is 4.21 Å². The molecule has 1 aromatic rings. The van der Waals surface area contributed by atoms with Crippen molar-refractivity contribution >= 4 is 17.0 Å². The van der Waals surface area contributed by atoms with E-state index in [9.17, 15) is 4.21 Å². The van der Waals surface area contributed by atoms with Crippen LogP contribution in [0.2, 0.25) is 0 Å². The highest BCUT2D eigenvalue weighted by atomic mass is 32.2. The highest BCUT2D eigenvalue weighted by molar-refractivity contribution is 7.85. The molecule has 0 saturated heterocycles. The monoisotopic (exact) mass is 253 g/mol. The third kappa shape index (κ3) is 4.30. The summed E-state index contributed by atoms with van der Waals surface area (Å²) in [6.07, 6.45) is 1.72. The second kappa shape index (κ2) is 6.55. The molecule has 0 saturated carbocycles. The third-order valence-corrected chi connectivity index (χ3v) is 3.65. The van der Waals surface area contributed by atoms with Crippen molar-refractivity contribution in [2.75, 3.05) is 5.75 Å². The van der Waals surface area contributed by atoms with Crippen molar-refractivity contribution < 1.29 is 9.05 Å². The van der Waals surface area contributed by atoms with E-state index in [1.807, 2.05) is 45.9 Å². The minimum Gasteiger partial charge on any atom is -0.393 e. The maximum absolute atomic E-state index is 11.8. The van der Waals surface area contributed by atoms with Gasteiger partial charge in [-0.1, -0.05) is 24.2 Å². The Labute approximate surface area is 105 Å². The molecule has 1 atom stereocenters. The number of hydrogen-bond acceptors (Lipinski definition) is 3. The van der Waals surface area contributed by atoms with Gasteiger partial charge in [-0.25, -0.2) is 0 Å². The van der Waals surface area contributed by atoms with E-state index in [2.05, 4.69) is 5.16 Å². The van der Waals surface area contributed by atoms with Gasteiger partial charge in [0.2, 0.25) is 0 Å². The molecule has 1 unspecified atom stereocenters. The molecule has 0 aromatic heterocycles. The molecule has 0 aliphatic carbocycles. The van der Waals surface area contributed by atoms with Crippen LogP contribution in [0.5, 0.6) is 0 Å². The fraction of sp³-hybridized carbons (Fsp3) is 0.462. The van der Waals surface area contributed by atoms with E-state index in [0.717, 1.165) is 16.0 Å². The van der Waals surface area contributed by atoms with E-state index in [4.69, 9.17) is 4.84 Å². The summed E-state index contributed by atoms with van der Waals surface area (Å²) in [7, 11) is -0.929. The number of oxime groups is 1. The molecule has 1 aromatic carbocycles. The molecule has 0 radical (unpaired) electrons. The molecule has 0 heterocycles. The molecule has 0 fully saturated rings. The van der Waals surface area contributed by atoms with Gasteiger partial charge in [-0.2, -0.15) is 0 Å². The van der Waals surface area contributed by atoms with E-state index in [0.29, 0.717) is 5.75 Å². The van der Waals surface area contributed by atoms with Crippen LogP contribution in [0.4, 0.5) is 0 Å². The maximum Gasteiger partial charge on any atom is 0.122 e. The van der Waals surface area contributed by atoms with Crippen molar-refractivity contribution in [1.29, 1.82) is 0 Å². The predicted octanol–water partition coefficient (Wildman–Crippen LogP) is 2.88. The topological polar surface area (TPSA) is 38.7 Å². The maximum atomic E-state index is 11.8. The summed E-state index contributed by atoms with van der Waals surface area (Å²) < 4.78 is 11.8. The Hall–Kier alpha value is -1.16. The predicted molar refractivity (Wildman–Crippen MR) is 71.9 cm³/mol. The molecule has 0 bridgehead atoms. The Morgan fingerprint density at radius 2 is 2.18 bits per heavy atom. The zero-order chi connectivity index (χ0) is 12.8. The smallest absolute Gasteiger partial charge is 0.122 e. The molecule has 0 aliphatic rings. The van der Waals surface area contributed by atoms with Gasteiger partial charge in [0.25, 0.3) is 0 Å². The summed E-state index contributed by atoms with van der Waals surface area (Å²) in [6.45, 7) is 7.72. The van der Waals surface area contributed by atoms with Crippen LogP contribution in [0.1, 0.15) is 31.9 Å². The van der Waals surface area contributed by atoms with Crippen molar-refractivity contribution in [3.63, 3.8) is 0 Å². The molecular weight excluding hydrogens is 234 g/mol. The SMILES string of the molecule is CCS(=O)c1cc(/C=N/OC(C)C)ccc1C. The zero-order valence-electron chi connectivity index (χ0n) is 10.8. The first kappa shape index (κ1) is 13.9. The Kier molecular flexibility index (Phi) is 5.35. The van der Waals surface area contributed by atoms with Crippen LogP contribution in [-0.4, -0.2) is 22.3 Å². The highest BCUT2D eigenvalue weighted by Gasteiger charge is 2.05. The standard InChI is InChI=1S/C13H19NO2S/c1-5-17(15)13-8-12(7-6-11(13)4)9-14-16-10(2)3/h6-10H,5H2,1-4H3/b14-9+. The summed E-state index contributed by atoms with van der Waals surface area (Å²) in [5.41, 5.74) is 1.96. The average molecular weight is 253 g/mol. The molecule has 1 rings (SSSR count). The molecule has 0 spiro atoms. The quantitative estimate of drug-likeness (QED) is 0.598. The first-order valence-corrected chi connectivity index (χ1v) is 7.04. The number of rotatable bonds is 5. The van der Waals surface area contributed by atoms with Crippen LogP contribution in [0, 0.1) is 6.92 Å². The molecule has 0 N–H and O–H groups in total. The largest absolute Gasteiger partial charge is 0.393 e. The van der Waals surface area contributed by atoms with E-state index >= 15 is 0 Å². The second-order valence-electron chi connectivity index (χ2n) is 4.05. The van der Waals surface area contributed by atoms with E-state index in [1.165, 1.54) is 0 Å². The van der Waals surface area contributed by atoms with Crippen LogP contribution in [0.25, 0.3) is 0 Å². The Bertz CT molecular complexity index is 427. The minimum absolute atomic E-state index is 0.0703. The molecule has 0 amide bonds. The number of nitrogens with zero attached hydrogens (tertiary/aromatic N) is 1. The van der Waals surface area contributed by atoms with Crippen LogP contribution >= 0.6 is 0 Å². The van der Waals surface area contributed by atoms with Crippen LogP contribution in [0.3, 0.4) is 0 Å². The van der Waals surface area contributed by atoms with E-state index < -0.39 is 10.8 Å². The minimum atomic E-state index is -0.929. The lowest BCUT2D eigenvalue weighted by Gasteiger charge is -2.05. The van der Waals surface area contributed by atoms with Gasteiger partial charge in [0.1, 0.15) is 6.10 Å². The van der Waals surface area contributed by atoms with Crippen LogP contribution in [-0.2, 0) is 15.6 Å². The molecular formula is C13H19NO2S. The fourth-order valence-electron chi connectivity index (χ4n) is 1.31. The van der Waals surface area contributed by atoms with Crippen LogP contribution in [0.15, 0.2) is 28.3 Å². The molecule has 17 heavy (non-hydrogen) atoms. The third-order valence-electron chi connectivity index (χ3n) is 2.19. The van der Waals surface area contributed by atoms with E-state index in [-0.39, 0.29) is 6.10 Å². The first-order chi connectivity index (χ1) is 8.04. The van der Waals surface area contributed by atoms with Gasteiger partial charge in [-0.15, -0.1) is 0 Å². The van der Waals surface area contributed by atoms with Crippen molar-refractivity contribution in [3.8, 4) is 0 Å². The summed E-state index contributed by atoms with van der Waals surface area (Å²) in [5.74, 6) is 0.629. The van der Waals surface area contributed by atoms with Gasteiger partial charge < -0.3 is 4.84 Å². The lowest BCUT2D eigenvalue weighted by molar-refractivity contribution is 0.0873. The summed E-state index contributed by atoms with van der Waals surface area (Å²) in [4.78, 5) is 5.97. The lowest BCUT2D eigenvalue weighted by Crippen LogP contribution is -1.99. The first-order valence-electron chi connectivity index (χ1n) is 5.72. The molecule has 4 heteroatoms. The van der Waals surface area contributed by atoms with Crippen molar-refractivity contribution in [2.45, 2.75) is 38.7 Å². The summed E-state index contributed by atoms with van der Waals surface area (Å²) >= 11 is 0. The van der Waals surface area contributed by atoms with Crippen molar-refractivity contribution in [3.05, 3.63) is 29.3 Å². The molecule has 94 valence electrons. The lowest BCUT2D eigenvalue weighted by atomic mass is 10.2. The average Bonchev–Trinajstić information content (AvgIpc) is 2.30. The Morgan fingerprint density at radius 1 is 1.47 bits per heavy atom. The van der Waals surface area contributed by atoms with Gasteiger partial charge in [0.05, 0.1) is 17.0 Å². The van der Waals surface area contributed by atoms with Crippen molar-refractivity contribution in [1.82, 2.24) is 0 Å². The zero-order valence-corrected chi connectivity index (χ0v) is 11.6. The van der Waals surface area contributed by atoms with Crippen molar-refractivity contribution in [2.24, 2.45) is 5.16 Å². The normalized spacial score (nSPS) is 13.2. The molecule has 0 aliphatic heterocycles. The van der Waals surface area contributed by atoms with E-state index in [1.54, 1.807) is 6.21 Å². The Balaban J connectivity index is 2.89. The number of hydrogen-bond donors (Lipinski definition) is 0. The van der Waals surface area contributed by atoms with Crippen LogP contribution < -0.4 is 0 Å². The van der Waals surface area contributed by atoms with Gasteiger partial charge >= 0.3 is 0 Å². The fourth-order valence-corrected chi connectivity index (χ4v) is 2.32. The molecule has 3 nitrogen and oxygen atoms in total. The number of aryl methyl sites for hydroxylation is 1. The second-order valence-corrected chi connectivity index (χ2v) is 5.76.